The van der Waals surface area contributed by atoms with E-state index in [1.807, 2.05) is 6.07 Å². The van der Waals surface area contributed by atoms with Gasteiger partial charge in [0.05, 0.1) is 12.3 Å². The van der Waals surface area contributed by atoms with Gasteiger partial charge in [-0.15, -0.1) is 0 Å². The molecule has 0 radical (unpaired) electrons. The van der Waals surface area contributed by atoms with Gasteiger partial charge in [0.15, 0.2) is 0 Å². The molecule has 4 amide bonds. The van der Waals surface area contributed by atoms with Crippen molar-refractivity contribution in [3.63, 3.8) is 0 Å². The summed E-state index contributed by atoms with van der Waals surface area (Å²) in [7, 11) is 1.58. The number of amides is 4. The Balaban J connectivity index is 1.57. The third-order valence-electron chi connectivity index (χ3n) is 6.01. The summed E-state index contributed by atoms with van der Waals surface area (Å²) in [4.78, 5) is 40.7. The Kier molecular flexibility index (Phi) is 8.15. The fraction of sp³-hybridized carbons (Fsp3) is 0.250. The molecule has 1 heterocycles. The topological polar surface area (TPSA) is 97.0 Å². The van der Waals surface area contributed by atoms with E-state index >= 15 is 0 Å². The van der Waals surface area contributed by atoms with Crippen molar-refractivity contribution in [3.05, 3.63) is 95.3 Å². The molecule has 0 saturated carbocycles. The van der Waals surface area contributed by atoms with Crippen molar-refractivity contribution in [3.8, 4) is 5.75 Å². The average molecular weight is 506 g/mol. The molecule has 1 unspecified atom stereocenters. The number of halogens is 1. The first-order valence-corrected chi connectivity index (χ1v) is 11.8. The summed E-state index contributed by atoms with van der Waals surface area (Å²) in [5, 5.41) is 5.22. The largest absolute Gasteiger partial charge is 0.491 e. The number of carbonyl (C=O) groups excluding carboxylic acids is 3. The molecule has 37 heavy (non-hydrogen) atoms. The summed E-state index contributed by atoms with van der Waals surface area (Å²) in [5.74, 6) is -1.25. The van der Waals surface area contributed by atoms with E-state index in [1.54, 1.807) is 68.6 Å². The molecule has 1 aliphatic rings. The highest BCUT2D eigenvalue weighted by Gasteiger charge is 2.45. The molecule has 1 fully saturated rings. The van der Waals surface area contributed by atoms with Crippen molar-refractivity contribution >= 4 is 23.5 Å². The lowest BCUT2D eigenvalue weighted by molar-refractivity contribution is -0.134. The third kappa shape index (κ3) is 6.13. The van der Waals surface area contributed by atoms with Crippen LogP contribution in [0.5, 0.6) is 5.75 Å². The van der Waals surface area contributed by atoms with E-state index < -0.39 is 35.7 Å². The number of methoxy groups -OCH3 is 1. The van der Waals surface area contributed by atoms with E-state index in [0.29, 0.717) is 30.1 Å². The maximum atomic E-state index is 14.5. The summed E-state index contributed by atoms with van der Waals surface area (Å²) in [6.07, 6.45) is 0.0678. The first kappa shape index (κ1) is 25.8. The van der Waals surface area contributed by atoms with Crippen molar-refractivity contribution in [2.45, 2.75) is 25.4 Å². The van der Waals surface area contributed by atoms with Gasteiger partial charge in [-0.1, -0.05) is 48.5 Å². The number of carbonyl (C=O) groups is 3. The summed E-state index contributed by atoms with van der Waals surface area (Å²) in [6.45, 7) is 2.55. The van der Waals surface area contributed by atoms with Crippen LogP contribution in [-0.2, 0) is 20.7 Å². The lowest BCUT2D eigenvalue weighted by atomic mass is 10.0. The molecule has 3 aromatic rings. The van der Waals surface area contributed by atoms with E-state index in [-0.39, 0.29) is 12.1 Å². The summed E-state index contributed by atoms with van der Waals surface area (Å²) in [5.41, 5.74) is 1.96. The van der Waals surface area contributed by atoms with Crippen LogP contribution in [-0.4, -0.2) is 49.1 Å². The van der Waals surface area contributed by atoms with Crippen LogP contribution >= 0.6 is 0 Å². The van der Waals surface area contributed by atoms with Crippen molar-refractivity contribution in [1.29, 1.82) is 0 Å². The quantitative estimate of drug-likeness (QED) is 0.321. The van der Waals surface area contributed by atoms with Crippen molar-refractivity contribution in [1.82, 2.24) is 10.2 Å². The average Bonchev–Trinajstić information content (AvgIpc) is 3.19. The molecule has 3 aromatic carbocycles. The van der Waals surface area contributed by atoms with E-state index in [9.17, 15) is 18.8 Å². The maximum absolute atomic E-state index is 14.5. The molecule has 4 rings (SSSR count). The van der Waals surface area contributed by atoms with Gasteiger partial charge in [0.25, 0.3) is 5.91 Å². The minimum atomic E-state index is -1.20. The number of benzene rings is 3. The first-order valence-electron chi connectivity index (χ1n) is 11.8. The van der Waals surface area contributed by atoms with E-state index in [2.05, 4.69) is 10.6 Å². The minimum absolute atomic E-state index is 0.0265. The Hall–Kier alpha value is -4.24. The molecular formula is C28H28FN3O5. The van der Waals surface area contributed by atoms with Gasteiger partial charge in [0.1, 0.15) is 30.3 Å². The minimum Gasteiger partial charge on any atom is -0.491 e. The number of hydrogen-bond acceptors (Lipinski definition) is 5. The summed E-state index contributed by atoms with van der Waals surface area (Å²) in [6, 6.07) is 17.3. The highest BCUT2D eigenvalue weighted by molar-refractivity contribution is 6.09. The molecule has 0 bridgehead atoms. The van der Waals surface area contributed by atoms with Crippen LogP contribution < -0.4 is 15.4 Å². The fourth-order valence-electron chi connectivity index (χ4n) is 4.09. The molecule has 2 atom stereocenters. The third-order valence-corrected chi connectivity index (χ3v) is 6.01. The number of nitrogens with one attached hydrogen (secondary N) is 2. The van der Waals surface area contributed by atoms with Gasteiger partial charge in [-0.2, -0.15) is 0 Å². The van der Waals surface area contributed by atoms with Gasteiger partial charge in [-0.05, 0) is 47.9 Å². The molecule has 0 aliphatic carbocycles. The van der Waals surface area contributed by atoms with E-state index in [4.69, 9.17) is 9.47 Å². The second-order valence-corrected chi connectivity index (χ2v) is 8.68. The Morgan fingerprint density at radius 2 is 1.78 bits per heavy atom. The number of hydrogen-bond donors (Lipinski definition) is 2. The summed E-state index contributed by atoms with van der Waals surface area (Å²) < 4.78 is 25.0. The molecule has 0 spiro atoms. The number of ether oxygens (including phenoxy) is 2. The van der Waals surface area contributed by atoms with Crippen molar-refractivity contribution in [2.24, 2.45) is 0 Å². The molecule has 2 N–H and O–H groups in total. The molecular weight excluding hydrogens is 477 g/mol. The fourth-order valence-corrected chi connectivity index (χ4v) is 4.09. The Labute approximate surface area is 214 Å². The molecule has 0 aromatic heterocycles. The Morgan fingerprint density at radius 1 is 1.05 bits per heavy atom. The lowest BCUT2D eigenvalue weighted by Crippen LogP contribution is -2.49. The number of urea groups is 1. The Bertz CT molecular complexity index is 1270. The van der Waals surface area contributed by atoms with Gasteiger partial charge in [-0.3, -0.25) is 9.59 Å². The molecule has 192 valence electrons. The second kappa shape index (κ2) is 11.7. The van der Waals surface area contributed by atoms with Gasteiger partial charge in [0.2, 0.25) is 5.91 Å². The number of anilines is 1. The lowest BCUT2D eigenvalue weighted by Gasteiger charge is -2.25. The highest BCUT2D eigenvalue weighted by Crippen LogP contribution is 2.27. The van der Waals surface area contributed by atoms with Crippen molar-refractivity contribution in [2.75, 3.05) is 25.6 Å². The normalized spacial score (nSPS) is 15.9. The van der Waals surface area contributed by atoms with Crippen LogP contribution in [0, 0.1) is 12.7 Å². The van der Waals surface area contributed by atoms with Gasteiger partial charge >= 0.3 is 6.03 Å². The van der Waals surface area contributed by atoms with Crippen LogP contribution in [0.2, 0.25) is 0 Å². The summed E-state index contributed by atoms with van der Waals surface area (Å²) >= 11 is 0. The molecule has 1 saturated heterocycles. The number of aryl methyl sites for hydroxylation is 1. The van der Waals surface area contributed by atoms with Gasteiger partial charge in [0, 0.05) is 13.5 Å². The molecule has 9 heteroatoms. The maximum Gasteiger partial charge on any atom is 0.325 e. The highest BCUT2D eigenvalue weighted by atomic mass is 19.1. The smallest absolute Gasteiger partial charge is 0.325 e. The van der Waals surface area contributed by atoms with Crippen LogP contribution in [0.3, 0.4) is 0 Å². The Morgan fingerprint density at radius 3 is 2.46 bits per heavy atom. The molecule has 8 nitrogen and oxygen atoms in total. The van der Waals surface area contributed by atoms with Gasteiger partial charge < -0.3 is 20.1 Å². The predicted octanol–water partition coefficient (Wildman–Crippen LogP) is 4.00. The van der Waals surface area contributed by atoms with E-state index in [1.165, 1.54) is 12.1 Å². The number of rotatable bonds is 10. The zero-order valence-corrected chi connectivity index (χ0v) is 20.6. The number of nitrogens with zero attached hydrogens (tertiary/aromatic N) is 1. The first-order chi connectivity index (χ1) is 17.9. The van der Waals surface area contributed by atoms with E-state index in [0.717, 1.165) is 10.5 Å². The zero-order valence-electron chi connectivity index (χ0n) is 20.6. The van der Waals surface area contributed by atoms with Crippen LogP contribution in [0.15, 0.2) is 72.8 Å². The van der Waals surface area contributed by atoms with Crippen LogP contribution in [0.1, 0.15) is 22.7 Å². The standard InChI is InChI=1S/C28H28FN3O5/c1-18-8-13-23(22(29)16-18)30-26(33)24(17-19-6-4-3-5-7-19)32-27(34)25(31-28(32)35)20-9-11-21(12-10-20)37-15-14-36-2/h3-13,16,24-25H,14-15,17H2,1-2H3,(H,30,33)(H,31,35)/t24?,25-/m1/s1. The monoisotopic (exact) mass is 505 g/mol. The van der Waals surface area contributed by atoms with Crippen LogP contribution in [0.25, 0.3) is 0 Å². The molecule has 1 aliphatic heterocycles. The zero-order chi connectivity index (χ0) is 26.4. The second-order valence-electron chi connectivity index (χ2n) is 8.68. The van der Waals surface area contributed by atoms with Gasteiger partial charge in [-0.25, -0.2) is 14.1 Å². The predicted molar refractivity (Wildman–Crippen MR) is 136 cm³/mol. The van der Waals surface area contributed by atoms with Crippen LogP contribution in [0.4, 0.5) is 14.9 Å². The van der Waals surface area contributed by atoms with Crippen molar-refractivity contribution < 1.29 is 28.2 Å². The SMILES string of the molecule is COCCOc1ccc([C@H]2NC(=O)N(C(Cc3ccccc3)C(=O)Nc3ccc(C)cc3F)C2=O)cc1. The number of imide groups is 1.